The van der Waals surface area contributed by atoms with Crippen LogP contribution in [0.2, 0.25) is 0 Å². The van der Waals surface area contributed by atoms with Crippen molar-refractivity contribution in [2.75, 3.05) is 23.8 Å². The van der Waals surface area contributed by atoms with Crippen LogP contribution >= 0.6 is 0 Å². The van der Waals surface area contributed by atoms with E-state index >= 15 is 0 Å². The van der Waals surface area contributed by atoms with Gasteiger partial charge in [-0.15, -0.1) is 0 Å². The summed E-state index contributed by atoms with van der Waals surface area (Å²) in [6.07, 6.45) is 0.826. The van der Waals surface area contributed by atoms with E-state index in [0.29, 0.717) is 0 Å². The molecule has 1 aromatic carbocycles. The lowest BCUT2D eigenvalue weighted by molar-refractivity contribution is 0.922. The van der Waals surface area contributed by atoms with E-state index in [-0.39, 0.29) is 0 Å². The molecule has 1 aromatic heterocycles. The standard InChI is InChI=1S/C17H24N4/c1-6-15-19-16(18-7-2)11-17(20-15)21(5)14-9-12(3)8-13(4)10-14/h8-11H,6-7H2,1-5H3,(H,18,19,20). The molecular weight excluding hydrogens is 260 g/mol. The Kier molecular flexibility index (Phi) is 4.78. The van der Waals surface area contributed by atoms with Gasteiger partial charge in [0.1, 0.15) is 17.5 Å². The van der Waals surface area contributed by atoms with Crippen molar-refractivity contribution in [2.45, 2.75) is 34.1 Å². The Morgan fingerprint density at radius 1 is 1.00 bits per heavy atom. The largest absolute Gasteiger partial charge is 0.370 e. The first-order valence-electron chi connectivity index (χ1n) is 7.47. The first kappa shape index (κ1) is 15.3. The minimum absolute atomic E-state index is 0.826. The van der Waals surface area contributed by atoms with Crippen LogP contribution in [0.5, 0.6) is 0 Å². The molecule has 0 amide bonds. The summed E-state index contributed by atoms with van der Waals surface area (Å²) in [6.45, 7) is 9.23. The highest BCUT2D eigenvalue weighted by atomic mass is 15.2. The van der Waals surface area contributed by atoms with Crippen LogP contribution in [0, 0.1) is 13.8 Å². The van der Waals surface area contributed by atoms with Crippen LogP contribution < -0.4 is 10.2 Å². The van der Waals surface area contributed by atoms with Gasteiger partial charge in [0.2, 0.25) is 0 Å². The molecule has 0 fully saturated rings. The van der Waals surface area contributed by atoms with E-state index in [0.717, 1.165) is 36.1 Å². The zero-order chi connectivity index (χ0) is 15.4. The van der Waals surface area contributed by atoms with Gasteiger partial charge in [0.05, 0.1) is 0 Å². The van der Waals surface area contributed by atoms with E-state index in [1.807, 2.05) is 13.1 Å². The molecule has 2 rings (SSSR count). The molecule has 0 spiro atoms. The molecule has 0 saturated carbocycles. The second kappa shape index (κ2) is 6.57. The smallest absolute Gasteiger partial charge is 0.138 e. The molecule has 1 heterocycles. The highest BCUT2D eigenvalue weighted by molar-refractivity contribution is 5.63. The van der Waals surface area contributed by atoms with E-state index in [9.17, 15) is 0 Å². The molecule has 0 aliphatic rings. The number of benzene rings is 1. The number of nitrogens with zero attached hydrogens (tertiary/aromatic N) is 3. The summed E-state index contributed by atoms with van der Waals surface area (Å²) in [7, 11) is 2.05. The zero-order valence-electron chi connectivity index (χ0n) is 13.6. The molecule has 112 valence electrons. The average molecular weight is 284 g/mol. The number of anilines is 3. The lowest BCUT2D eigenvalue weighted by atomic mass is 10.1. The van der Waals surface area contributed by atoms with Crippen LogP contribution in [-0.2, 0) is 6.42 Å². The molecule has 21 heavy (non-hydrogen) atoms. The molecule has 0 aliphatic heterocycles. The summed E-state index contributed by atoms with van der Waals surface area (Å²) in [5.41, 5.74) is 3.66. The molecule has 0 radical (unpaired) electrons. The van der Waals surface area contributed by atoms with Gasteiger partial charge in [-0.3, -0.25) is 0 Å². The number of aromatic nitrogens is 2. The van der Waals surface area contributed by atoms with Crippen LogP contribution in [0.3, 0.4) is 0 Å². The summed E-state index contributed by atoms with van der Waals surface area (Å²) in [4.78, 5) is 11.3. The maximum Gasteiger partial charge on any atom is 0.138 e. The molecule has 4 heteroatoms. The fraction of sp³-hybridized carbons (Fsp3) is 0.412. The first-order valence-corrected chi connectivity index (χ1v) is 7.47. The Balaban J connectivity index is 2.41. The van der Waals surface area contributed by atoms with E-state index in [4.69, 9.17) is 0 Å². The first-order chi connectivity index (χ1) is 10.0. The zero-order valence-corrected chi connectivity index (χ0v) is 13.6. The third-order valence-corrected chi connectivity index (χ3v) is 3.37. The quantitative estimate of drug-likeness (QED) is 0.905. The molecule has 0 unspecified atom stereocenters. The third kappa shape index (κ3) is 3.72. The lowest BCUT2D eigenvalue weighted by Gasteiger charge is -2.21. The van der Waals surface area contributed by atoms with Crippen LogP contribution in [0.4, 0.5) is 17.3 Å². The van der Waals surface area contributed by atoms with Crippen molar-refractivity contribution in [3.05, 3.63) is 41.2 Å². The third-order valence-electron chi connectivity index (χ3n) is 3.37. The number of hydrogen-bond acceptors (Lipinski definition) is 4. The minimum Gasteiger partial charge on any atom is -0.370 e. The van der Waals surface area contributed by atoms with Gasteiger partial charge in [0.25, 0.3) is 0 Å². The normalized spacial score (nSPS) is 10.5. The van der Waals surface area contributed by atoms with Gasteiger partial charge in [0.15, 0.2) is 0 Å². The van der Waals surface area contributed by atoms with Gasteiger partial charge >= 0.3 is 0 Å². The van der Waals surface area contributed by atoms with E-state index in [1.165, 1.54) is 11.1 Å². The highest BCUT2D eigenvalue weighted by Crippen LogP contribution is 2.25. The van der Waals surface area contributed by atoms with Crippen LogP contribution in [0.1, 0.15) is 30.8 Å². The summed E-state index contributed by atoms with van der Waals surface area (Å²) in [5.74, 6) is 2.66. The molecule has 0 bridgehead atoms. The van der Waals surface area contributed by atoms with Crippen molar-refractivity contribution in [1.82, 2.24) is 9.97 Å². The minimum atomic E-state index is 0.826. The number of aryl methyl sites for hydroxylation is 3. The maximum absolute atomic E-state index is 4.64. The average Bonchev–Trinajstić information content (AvgIpc) is 2.45. The maximum atomic E-state index is 4.64. The number of nitrogens with one attached hydrogen (secondary N) is 1. The lowest BCUT2D eigenvalue weighted by Crippen LogP contribution is -2.14. The van der Waals surface area contributed by atoms with E-state index < -0.39 is 0 Å². The van der Waals surface area contributed by atoms with Gasteiger partial charge in [-0.05, 0) is 44.0 Å². The molecule has 1 N–H and O–H groups in total. The van der Waals surface area contributed by atoms with Gasteiger partial charge in [0, 0.05) is 31.8 Å². The predicted octanol–water partition coefficient (Wildman–Crippen LogP) is 3.86. The fourth-order valence-electron chi connectivity index (χ4n) is 2.36. The second-order valence-electron chi connectivity index (χ2n) is 5.32. The summed E-state index contributed by atoms with van der Waals surface area (Å²) < 4.78 is 0. The summed E-state index contributed by atoms with van der Waals surface area (Å²) in [6, 6.07) is 8.53. The van der Waals surface area contributed by atoms with Crippen molar-refractivity contribution in [2.24, 2.45) is 0 Å². The molecular formula is C17H24N4. The Labute approximate surface area is 127 Å². The van der Waals surface area contributed by atoms with Crippen molar-refractivity contribution in [1.29, 1.82) is 0 Å². The second-order valence-corrected chi connectivity index (χ2v) is 5.32. The van der Waals surface area contributed by atoms with Crippen molar-refractivity contribution >= 4 is 17.3 Å². The predicted molar refractivity (Wildman–Crippen MR) is 89.6 cm³/mol. The Morgan fingerprint density at radius 3 is 2.24 bits per heavy atom. The summed E-state index contributed by atoms with van der Waals surface area (Å²) in [5, 5.41) is 3.27. The molecule has 0 atom stereocenters. The van der Waals surface area contributed by atoms with Crippen molar-refractivity contribution in [3.63, 3.8) is 0 Å². The van der Waals surface area contributed by atoms with Crippen LogP contribution in [-0.4, -0.2) is 23.6 Å². The van der Waals surface area contributed by atoms with E-state index in [2.05, 4.69) is 66.1 Å². The van der Waals surface area contributed by atoms with Gasteiger partial charge < -0.3 is 10.2 Å². The molecule has 2 aromatic rings. The van der Waals surface area contributed by atoms with Crippen molar-refractivity contribution in [3.8, 4) is 0 Å². The van der Waals surface area contributed by atoms with Crippen LogP contribution in [0.15, 0.2) is 24.3 Å². The Morgan fingerprint density at radius 2 is 1.67 bits per heavy atom. The fourth-order valence-corrected chi connectivity index (χ4v) is 2.36. The van der Waals surface area contributed by atoms with Gasteiger partial charge in [-0.1, -0.05) is 13.0 Å². The van der Waals surface area contributed by atoms with Gasteiger partial charge in [-0.2, -0.15) is 0 Å². The van der Waals surface area contributed by atoms with Gasteiger partial charge in [-0.25, -0.2) is 9.97 Å². The van der Waals surface area contributed by atoms with Crippen LogP contribution in [0.25, 0.3) is 0 Å². The van der Waals surface area contributed by atoms with E-state index in [1.54, 1.807) is 0 Å². The highest BCUT2D eigenvalue weighted by Gasteiger charge is 2.10. The molecule has 4 nitrogen and oxygen atoms in total. The Hall–Kier alpha value is -2.10. The monoisotopic (exact) mass is 284 g/mol. The Bertz CT molecular complexity index is 602. The molecule has 0 saturated heterocycles. The SMILES string of the molecule is CCNc1cc(N(C)c2cc(C)cc(C)c2)nc(CC)n1. The number of hydrogen-bond donors (Lipinski definition) is 1. The number of rotatable bonds is 5. The molecule has 0 aliphatic carbocycles. The summed E-state index contributed by atoms with van der Waals surface area (Å²) >= 11 is 0. The van der Waals surface area contributed by atoms with Crippen molar-refractivity contribution < 1.29 is 0 Å². The topological polar surface area (TPSA) is 41.0 Å².